The number of nitrogens with zero attached hydrogens (tertiary/aromatic N) is 1. The van der Waals surface area contributed by atoms with E-state index in [4.69, 9.17) is 5.73 Å². The number of hydrogen-bond acceptors (Lipinski definition) is 5. The lowest BCUT2D eigenvalue weighted by Crippen LogP contribution is -2.07. The fraction of sp³-hybridized carbons (Fsp3) is 0.625. The predicted molar refractivity (Wildman–Crippen MR) is 58.0 cm³/mol. The highest BCUT2D eigenvalue weighted by molar-refractivity contribution is 7.91. The largest absolute Gasteiger partial charge is 0.326 e. The normalized spacial score (nSPS) is 14.3. The van der Waals surface area contributed by atoms with E-state index in [1.165, 1.54) is 17.6 Å². The van der Waals surface area contributed by atoms with Crippen molar-refractivity contribution in [2.45, 2.75) is 25.6 Å². The van der Waals surface area contributed by atoms with E-state index < -0.39 is 15.1 Å². The number of rotatable bonds is 3. The van der Waals surface area contributed by atoms with Gasteiger partial charge in [-0.05, 0) is 13.8 Å². The Labute approximate surface area is 88.1 Å². The van der Waals surface area contributed by atoms with Crippen LogP contribution in [0.1, 0.15) is 27.8 Å². The molecule has 1 aromatic rings. The SMILES string of the molecule is Cc1nc(C(C)S(C)(=O)=O)sc1CN. The van der Waals surface area contributed by atoms with Gasteiger partial charge in [-0.2, -0.15) is 0 Å². The van der Waals surface area contributed by atoms with E-state index in [9.17, 15) is 8.42 Å². The van der Waals surface area contributed by atoms with Crippen LogP contribution in [0.15, 0.2) is 0 Å². The van der Waals surface area contributed by atoms with Crippen LogP contribution in [-0.2, 0) is 16.4 Å². The van der Waals surface area contributed by atoms with E-state index in [1.807, 2.05) is 6.92 Å². The summed E-state index contributed by atoms with van der Waals surface area (Å²) >= 11 is 1.38. The van der Waals surface area contributed by atoms with Crippen LogP contribution < -0.4 is 5.73 Å². The standard InChI is InChI=1S/C8H14N2O2S2/c1-5-7(4-9)13-8(10-5)6(2)14(3,11)12/h6H,4,9H2,1-3H3. The summed E-state index contributed by atoms with van der Waals surface area (Å²) in [7, 11) is -3.06. The summed E-state index contributed by atoms with van der Waals surface area (Å²) in [6, 6.07) is 0. The van der Waals surface area contributed by atoms with E-state index in [0.717, 1.165) is 10.6 Å². The minimum atomic E-state index is -3.06. The first-order chi connectivity index (χ1) is 6.36. The number of aryl methyl sites for hydroxylation is 1. The molecule has 6 heteroatoms. The Morgan fingerprint density at radius 2 is 2.14 bits per heavy atom. The van der Waals surface area contributed by atoms with Crippen molar-refractivity contribution in [3.63, 3.8) is 0 Å². The lowest BCUT2D eigenvalue weighted by Gasteiger charge is -2.03. The molecular formula is C8H14N2O2S2. The molecule has 0 aliphatic rings. The van der Waals surface area contributed by atoms with Crippen LogP contribution in [-0.4, -0.2) is 19.7 Å². The average Bonchev–Trinajstić information content (AvgIpc) is 2.43. The molecular weight excluding hydrogens is 220 g/mol. The van der Waals surface area contributed by atoms with Crippen LogP contribution in [0.5, 0.6) is 0 Å². The second kappa shape index (κ2) is 3.96. The first-order valence-electron chi connectivity index (χ1n) is 4.21. The zero-order valence-electron chi connectivity index (χ0n) is 8.44. The number of aromatic nitrogens is 1. The minimum Gasteiger partial charge on any atom is -0.326 e. The van der Waals surface area contributed by atoms with Crippen molar-refractivity contribution in [3.8, 4) is 0 Å². The van der Waals surface area contributed by atoms with Gasteiger partial charge in [0.1, 0.15) is 10.3 Å². The van der Waals surface area contributed by atoms with Crippen LogP contribution in [0.2, 0.25) is 0 Å². The number of nitrogens with two attached hydrogens (primary N) is 1. The molecule has 0 spiro atoms. The second-order valence-corrected chi connectivity index (χ2v) is 6.72. The van der Waals surface area contributed by atoms with E-state index >= 15 is 0 Å². The van der Waals surface area contributed by atoms with E-state index in [1.54, 1.807) is 6.92 Å². The molecule has 1 aromatic heterocycles. The first-order valence-corrected chi connectivity index (χ1v) is 6.98. The van der Waals surface area contributed by atoms with Gasteiger partial charge in [-0.3, -0.25) is 0 Å². The van der Waals surface area contributed by atoms with Crippen molar-refractivity contribution in [1.82, 2.24) is 4.98 Å². The lowest BCUT2D eigenvalue weighted by atomic mass is 10.4. The molecule has 0 aliphatic heterocycles. The van der Waals surface area contributed by atoms with Crippen molar-refractivity contribution in [2.75, 3.05) is 6.26 Å². The van der Waals surface area contributed by atoms with Gasteiger partial charge in [0, 0.05) is 17.7 Å². The topological polar surface area (TPSA) is 73.0 Å². The van der Waals surface area contributed by atoms with Crippen molar-refractivity contribution >= 4 is 21.2 Å². The third kappa shape index (κ3) is 2.31. The van der Waals surface area contributed by atoms with Crippen LogP contribution in [0, 0.1) is 6.92 Å². The van der Waals surface area contributed by atoms with Crippen molar-refractivity contribution < 1.29 is 8.42 Å². The van der Waals surface area contributed by atoms with E-state index in [2.05, 4.69) is 4.98 Å². The molecule has 0 bridgehead atoms. The molecule has 0 aromatic carbocycles. The van der Waals surface area contributed by atoms with Gasteiger partial charge in [-0.15, -0.1) is 11.3 Å². The van der Waals surface area contributed by atoms with Crippen LogP contribution in [0.3, 0.4) is 0 Å². The third-order valence-electron chi connectivity index (χ3n) is 2.08. The van der Waals surface area contributed by atoms with Crippen molar-refractivity contribution in [2.24, 2.45) is 5.73 Å². The van der Waals surface area contributed by atoms with Crippen molar-refractivity contribution in [3.05, 3.63) is 15.6 Å². The molecule has 80 valence electrons. The second-order valence-electron chi connectivity index (χ2n) is 3.24. The highest BCUT2D eigenvalue weighted by Gasteiger charge is 2.21. The number of sulfone groups is 1. The molecule has 4 nitrogen and oxygen atoms in total. The molecule has 0 saturated heterocycles. The van der Waals surface area contributed by atoms with E-state index in [0.29, 0.717) is 11.6 Å². The zero-order chi connectivity index (χ0) is 10.9. The monoisotopic (exact) mass is 234 g/mol. The molecule has 0 aliphatic carbocycles. The Hall–Kier alpha value is -0.460. The molecule has 0 radical (unpaired) electrons. The molecule has 1 heterocycles. The highest BCUT2D eigenvalue weighted by atomic mass is 32.2. The summed E-state index contributed by atoms with van der Waals surface area (Å²) in [6.07, 6.45) is 1.22. The van der Waals surface area contributed by atoms with Gasteiger partial charge in [-0.25, -0.2) is 13.4 Å². The van der Waals surface area contributed by atoms with Gasteiger partial charge >= 0.3 is 0 Å². The maximum absolute atomic E-state index is 11.3. The highest BCUT2D eigenvalue weighted by Crippen LogP contribution is 2.27. The Morgan fingerprint density at radius 1 is 1.57 bits per heavy atom. The fourth-order valence-electron chi connectivity index (χ4n) is 0.997. The molecule has 1 atom stereocenters. The Balaban J connectivity index is 3.09. The Bertz CT molecular complexity index is 423. The smallest absolute Gasteiger partial charge is 0.156 e. The van der Waals surface area contributed by atoms with Crippen LogP contribution in [0.25, 0.3) is 0 Å². The summed E-state index contributed by atoms with van der Waals surface area (Å²) in [5.41, 5.74) is 6.33. The predicted octanol–water partition coefficient (Wildman–Crippen LogP) is 1.02. The van der Waals surface area contributed by atoms with Gasteiger partial charge in [0.05, 0.1) is 5.69 Å². The van der Waals surface area contributed by atoms with Gasteiger partial charge in [-0.1, -0.05) is 0 Å². The van der Waals surface area contributed by atoms with Gasteiger partial charge in [0.25, 0.3) is 0 Å². The summed E-state index contributed by atoms with van der Waals surface area (Å²) in [5, 5.41) is 0.0944. The molecule has 2 N–H and O–H groups in total. The minimum absolute atomic E-state index is 0.417. The average molecular weight is 234 g/mol. The van der Waals surface area contributed by atoms with Crippen molar-refractivity contribution in [1.29, 1.82) is 0 Å². The molecule has 1 rings (SSSR count). The summed E-state index contributed by atoms with van der Waals surface area (Å²) in [5.74, 6) is 0. The molecule has 0 saturated carbocycles. The number of thiazole rings is 1. The van der Waals surface area contributed by atoms with Gasteiger partial charge in [0.15, 0.2) is 9.84 Å². The van der Waals surface area contributed by atoms with Crippen LogP contribution >= 0.6 is 11.3 Å². The maximum atomic E-state index is 11.3. The molecule has 0 amide bonds. The van der Waals surface area contributed by atoms with Gasteiger partial charge < -0.3 is 5.73 Å². The molecule has 14 heavy (non-hydrogen) atoms. The van der Waals surface area contributed by atoms with E-state index in [-0.39, 0.29) is 0 Å². The summed E-state index contributed by atoms with van der Waals surface area (Å²) in [6.45, 7) is 3.91. The number of hydrogen-bond donors (Lipinski definition) is 1. The lowest BCUT2D eigenvalue weighted by molar-refractivity contribution is 0.592. The summed E-state index contributed by atoms with van der Waals surface area (Å²) < 4.78 is 22.6. The maximum Gasteiger partial charge on any atom is 0.156 e. The van der Waals surface area contributed by atoms with Crippen LogP contribution in [0.4, 0.5) is 0 Å². The molecule has 1 unspecified atom stereocenters. The quantitative estimate of drug-likeness (QED) is 0.847. The Morgan fingerprint density at radius 3 is 2.50 bits per heavy atom. The first kappa shape index (κ1) is 11.6. The molecule has 0 fully saturated rings. The zero-order valence-corrected chi connectivity index (χ0v) is 10.1. The third-order valence-corrected chi connectivity index (χ3v) is 5.10. The fourth-order valence-corrected chi connectivity index (χ4v) is 2.96. The Kier molecular flexibility index (Phi) is 3.28. The van der Waals surface area contributed by atoms with Gasteiger partial charge in [0.2, 0.25) is 0 Å². The summed E-state index contributed by atoms with van der Waals surface area (Å²) in [4.78, 5) is 5.16.